The van der Waals surface area contributed by atoms with Gasteiger partial charge in [0.05, 0.1) is 6.42 Å². The summed E-state index contributed by atoms with van der Waals surface area (Å²) in [5, 5.41) is 7.02. The molecule has 0 saturated heterocycles. The van der Waals surface area contributed by atoms with Gasteiger partial charge in [0, 0.05) is 13.1 Å². The van der Waals surface area contributed by atoms with Crippen molar-refractivity contribution in [1.29, 1.82) is 0 Å². The van der Waals surface area contributed by atoms with Crippen LogP contribution in [-0.4, -0.2) is 39.1 Å². The van der Waals surface area contributed by atoms with Crippen LogP contribution in [0.25, 0.3) is 0 Å². The predicted molar refractivity (Wildman–Crippen MR) is 73.7 cm³/mol. The molecular formula is C12H22N4OS. The molecule has 0 spiro atoms. The van der Waals surface area contributed by atoms with Gasteiger partial charge >= 0.3 is 0 Å². The first-order valence-electron chi connectivity index (χ1n) is 6.55. The highest BCUT2D eigenvalue weighted by Crippen LogP contribution is 2.04. The Morgan fingerprint density at radius 2 is 1.89 bits per heavy atom. The van der Waals surface area contributed by atoms with Crippen LogP contribution in [0.4, 0.5) is 0 Å². The number of aromatic amines is 1. The SMILES string of the molecule is CCCCN(CCCC)C(=O)Cc1n[nH]c(S)n1. The number of hydrogen-bond acceptors (Lipinski definition) is 4. The van der Waals surface area contributed by atoms with E-state index in [0.29, 0.717) is 11.0 Å². The summed E-state index contributed by atoms with van der Waals surface area (Å²) < 4.78 is 0. The van der Waals surface area contributed by atoms with E-state index in [4.69, 9.17) is 0 Å². The first kappa shape index (κ1) is 15.0. The number of nitrogens with one attached hydrogen (secondary N) is 1. The van der Waals surface area contributed by atoms with Gasteiger partial charge in [0.15, 0.2) is 11.0 Å². The number of thiol groups is 1. The molecule has 1 aromatic heterocycles. The zero-order valence-corrected chi connectivity index (χ0v) is 12.0. The Bertz CT molecular complexity index is 359. The van der Waals surface area contributed by atoms with E-state index < -0.39 is 0 Å². The quantitative estimate of drug-likeness (QED) is 0.711. The fraction of sp³-hybridized carbons (Fsp3) is 0.750. The van der Waals surface area contributed by atoms with Crippen molar-refractivity contribution in [2.24, 2.45) is 0 Å². The summed E-state index contributed by atoms with van der Waals surface area (Å²) in [6.45, 7) is 5.91. The molecule has 1 heterocycles. The Morgan fingerprint density at radius 1 is 1.28 bits per heavy atom. The second kappa shape index (κ2) is 8.13. The lowest BCUT2D eigenvalue weighted by Gasteiger charge is -2.21. The van der Waals surface area contributed by atoms with Crippen LogP contribution in [-0.2, 0) is 11.2 Å². The highest BCUT2D eigenvalue weighted by Gasteiger charge is 2.15. The number of carbonyl (C=O) groups is 1. The average Bonchev–Trinajstić information content (AvgIpc) is 2.75. The summed E-state index contributed by atoms with van der Waals surface area (Å²) >= 11 is 4.04. The first-order chi connectivity index (χ1) is 8.67. The van der Waals surface area contributed by atoms with Crippen molar-refractivity contribution in [3.63, 3.8) is 0 Å². The summed E-state index contributed by atoms with van der Waals surface area (Å²) in [7, 11) is 0. The van der Waals surface area contributed by atoms with Crippen LogP contribution >= 0.6 is 12.6 Å². The highest BCUT2D eigenvalue weighted by atomic mass is 32.1. The summed E-state index contributed by atoms with van der Waals surface area (Å²) in [5.74, 6) is 0.618. The van der Waals surface area contributed by atoms with E-state index in [1.807, 2.05) is 4.90 Å². The Balaban J connectivity index is 2.51. The molecular weight excluding hydrogens is 248 g/mol. The lowest BCUT2D eigenvalue weighted by atomic mass is 10.2. The largest absolute Gasteiger partial charge is 0.342 e. The molecule has 0 saturated carbocycles. The summed E-state index contributed by atoms with van der Waals surface area (Å²) in [6.07, 6.45) is 4.53. The van der Waals surface area contributed by atoms with Crippen LogP contribution in [0, 0.1) is 0 Å². The van der Waals surface area contributed by atoms with Crippen LogP contribution in [0.2, 0.25) is 0 Å². The van der Waals surface area contributed by atoms with Gasteiger partial charge in [0.1, 0.15) is 0 Å². The molecule has 0 radical (unpaired) electrons. The maximum atomic E-state index is 12.1. The maximum Gasteiger partial charge on any atom is 0.230 e. The van der Waals surface area contributed by atoms with Crippen LogP contribution in [0.1, 0.15) is 45.4 Å². The van der Waals surface area contributed by atoms with Crippen molar-refractivity contribution in [3.8, 4) is 0 Å². The third-order valence-corrected chi connectivity index (χ3v) is 2.95. The number of nitrogens with zero attached hydrogens (tertiary/aromatic N) is 3. The summed E-state index contributed by atoms with van der Waals surface area (Å²) in [5.41, 5.74) is 0. The lowest BCUT2D eigenvalue weighted by molar-refractivity contribution is -0.130. The molecule has 18 heavy (non-hydrogen) atoms. The molecule has 0 aromatic carbocycles. The van der Waals surface area contributed by atoms with Gasteiger partial charge in [0.25, 0.3) is 0 Å². The molecule has 102 valence electrons. The van der Waals surface area contributed by atoms with Crippen molar-refractivity contribution in [2.75, 3.05) is 13.1 Å². The van der Waals surface area contributed by atoms with Gasteiger partial charge in [-0.15, -0.1) is 12.6 Å². The standard InChI is InChI=1S/C12H22N4OS/c1-3-5-7-16(8-6-4-2)11(17)9-10-13-12(18)15-14-10/h3-9H2,1-2H3,(H2,13,14,15,18). The number of hydrogen-bond donors (Lipinski definition) is 2. The van der Waals surface area contributed by atoms with E-state index >= 15 is 0 Å². The van der Waals surface area contributed by atoms with Gasteiger partial charge in [-0.1, -0.05) is 26.7 Å². The fourth-order valence-corrected chi connectivity index (χ4v) is 1.84. The second-order valence-electron chi connectivity index (χ2n) is 4.34. The van der Waals surface area contributed by atoms with Gasteiger partial charge < -0.3 is 4.90 Å². The molecule has 0 bridgehead atoms. The Labute approximate surface area is 114 Å². The number of H-pyrrole nitrogens is 1. The molecule has 1 aromatic rings. The average molecular weight is 270 g/mol. The molecule has 0 aliphatic rings. The van der Waals surface area contributed by atoms with Crippen LogP contribution in [0.15, 0.2) is 5.16 Å². The number of aromatic nitrogens is 3. The van der Waals surface area contributed by atoms with Crippen molar-refractivity contribution >= 4 is 18.5 Å². The molecule has 0 aliphatic carbocycles. The van der Waals surface area contributed by atoms with Crippen LogP contribution < -0.4 is 0 Å². The van der Waals surface area contributed by atoms with Crippen molar-refractivity contribution in [2.45, 2.75) is 51.1 Å². The van der Waals surface area contributed by atoms with E-state index in [2.05, 4.69) is 41.7 Å². The van der Waals surface area contributed by atoms with Crippen molar-refractivity contribution in [1.82, 2.24) is 20.1 Å². The molecule has 1 amide bonds. The molecule has 6 heteroatoms. The van der Waals surface area contributed by atoms with Gasteiger partial charge in [-0.2, -0.15) is 5.10 Å². The molecule has 1 rings (SSSR count). The Morgan fingerprint density at radius 3 is 2.33 bits per heavy atom. The Kier molecular flexibility index (Phi) is 6.78. The normalized spacial score (nSPS) is 10.6. The molecule has 1 N–H and O–H groups in total. The zero-order chi connectivity index (χ0) is 13.4. The van der Waals surface area contributed by atoms with E-state index in [9.17, 15) is 4.79 Å². The summed E-state index contributed by atoms with van der Waals surface area (Å²) in [6, 6.07) is 0. The number of unbranched alkanes of at least 4 members (excludes halogenated alkanes) is 2. The van der Waals surface area contributed by atoms with E-state index in [-0.39, 0.29) is 12.3 Å². The third-order valence-electron chi connectivity index (χ3n) is 2.75. The van der Waals surface area contributed by atoms with Crippen LogP contribution in [0.5, 0.6) is 0 Å². The van der Waals surface area contributed by atoms with Crippen LogP contribution in [0.3, 0.4) is 0 Å². The molecule has 0 aliphatic heterocycles. The zero-order valence-electron chi connectivity index (χ0n) is 11.1. The van der Waals surface area contributed by atoms with Gasteiger partial charge in [-0.25, -0.2) is 4.98 Å². The topological polar surface area (TPSA) is 61.9 Å². The molecule has 5 nitrogen and oxygen atoms in total. The van der Waals surface area contributed by atoms with E-state index in [0.717, 1.165) is 38.8 Å². The molecule has 0 fully saturated rings. The molecule has 0 unspecified atom stereocenters. The molecule has 0 atom stereocenters. The highest BCUT2D eigenvalue weighted by molar-refractivity contribution is 7.80. The minimum atomic E-state index is 0.101. The van der Waals surface area contributed by atoms with Gasteiger partial charge in [-0.3, -0.25) is 9.89 Å². The second-order valence-corrected chi connectivity index (χ2v) is 4.76. The van der Waals surface area contributed by atoms with E-state index in [1.54, 1.807) is 0 Å². The van der Waals surface area contributed by atoms with Crippen molar-refractivity contribution < 1.29 is 4.79 Å². The predicted octanol–water partition coefficient (Wildman–Crippen LogP) is 2.06. The number of rotatable bonds is 8. The minimum Gasteiger partial charge on any atom is -0.342 e. The van der Waals surface area contributed by atoms with Crippen molar-refractivity contribution in [3.05, 3.63) is 5.82 Å². The third kappa shape index (κ3) is 5.08. The first-order valence-corrected chi connectivity index (χ1v) is 7.00. The minimum absolute atomic E-state index is 0.101. The lowest BCUT2D eigenvalue weighted by Crippen LogP contribution is -2.34. The summed E-state index contributed by atoms with van der Waals surface area (Å²) in [4.78, 5) is 18.1. The number of carbonyl (C=O) groups excluding carboxylic acids is 1. The van der Waals surface area contributed by atoms with E-state index in [1.165, 1.54) is 0 Å². The fourth-order valence-electron chi connectivity index (χ4n) is 1.67. The Hall–Kier alpha value is -1.04. The number of amides is 1. The monoisotopic (exact) mass is 270 g/mol. The smallest absolute Gasteiger partial charge is 0.230 e. The maximum absolute atomic E-state index is 12.1. The van der Waals surface area contributed by atoms with Gasteiger partial charge in [0.2, 0.25) is 5.91 Å². The van der Waals surface area contributed by atoms with Gasteiger partial charge in [-0.05, 0) is 12.8 Å².